The van der Waals surface area contributed by atoms with E-state index in [0.29, 0.717) is 17.5 Å². The van der Waals surface area contributed by atoms with Crippen LogP contribution in [-0.2, 0) is 4.74 Å². The van der Waals surface area contributed by atoms with Gasteiger partial charge in [-0.3, -0.25) is 4.79 Å². The number of rotatable bonds is 4. The third-order valence-corrected chi connectivity index (χ3v) is 6.67. The second-order valence-electron chi connectivity index (χ2n) is 8.48. The van der Waals surface area contributed by atoms with Gasteiger partial charge in [0.15, 0.2) is 0 Å². The van der Waals surface area contributed by atoms with Crippen molar-refractivity contribution in [2.24, 2.45) is 5.41 Å². The Labute approximate surface area is 161 Å². The number of amides is 1. The number of nitrogens with zero attached hydrogens (tertiary/aromatic N) is 3. The van der Waals surface area contributed by atoms with Crippen molar-refractivity contribution in [2.75, 3.05) is 38.3 Å². The van der Waals surface area contributed by atoms with Crippen molar-refractivity contribution >= 4 is 11.7 Å². The highest BCUT2D eigenvalue weighted by Gasteiger charge is 2.45. The van der Waals surface area contributed by atoms with Crippen LogP contribution in [0.5, 0.6) is 0 Å². The lowest BCUT2D eigenvalue weighted by Gasteiger charge is -2.51. The summed E-state index contributed by atoms with van der Waals surface area (Å²) in [5.41, 5.74) is 2.49. The molecule has 0 unspecified atom stereocenters. The van der Waals surface area contributed by atoms with Crippen LogP contribution in [0.25, 0.3) is 0 Å². The second kappa shape index (κ2) is 7.36. The summed E-state index contributed by atoms with van der Waals surface area (Å²) in [7, 11) is 1.61. The summed E-state index contributed by atoms with van der Waals surface area (Å²) in [5, 5.41) is 6.48. The molecule has 1 saturated carbocycles. The fourth-order valence-electron chi connectivity index (χ4n) is 4.87. The van der Waals surface area contributed by atoms with Gasteiger partial charge in [-0.15, -0.1) is 0 Å². The van der Waals surface area contributed by atoms with Gasteiger partial charge >= 0.3 is 0 Å². The van der Waals surface area contributed by atoms with Crippen molar-refractivity contribution in [1.82, 2.24) is 20.6 Å². The van der Waals surface area contributed by atoms with Crippen LogP contribution in [-0.4, -0.2) is 61.3 Å². The highest BCUT2D eigenvalue weighted by molar-refractivity contribution is 5.90. The van der Waals surface area contributed by atoms with Gasteiger partial charge in [0.25, 0.3) is 5.91 Å². The molecule has 1 aromatic heterocycles. The zero-order valence-electron chi connectivity index (χ0n) is 16.7. The van der Waals surface area contributed by atoms with Gasteiger partial charge in [0.05, 0.1) is 0 Å². The number of anilines is 1. The van der Waals surface area contributed by atoms with E-state index in [1.165, 1.54) is 25.7 Å². The topological polar surface area (TPSA) is 79.4 Å². The molecule has 2 saturated heterocycles. The van der Waals surface area contributed by atoms with E-state index in [1.807, 2.05) is 13.8 Å². The fourth-order valence-corrected chi connectivity index (χ4v) is 4.87. The fraction of sp³-hybridized carbons (Fsp3) is 0.750. The largest absolute Gasteiger partial charge is 0.381 e. The van der Waals surface area contributed by atoms with Gasteiger partial charge in [0.1, 0.15) is 5.82 Å². The van der Waals surface area contributed by atoms with E-state index in [2.05, 4.69) is 25.5 Å². The van der Waals surface area contributed by atoms with Crippen LogP contribution in [0.1, 0.15) is 54.0 Å². The molecule has 1 aliphatic carbocycles. The highest BCUT2D eigenvalue weighted by Crippen LogP contribution is 2.48. The van der Waals surface area contributed by atoms with Crippen molar-refractivity contribution in [3.63, 3.8) is 0 Å². The first-order chi connectivity index (χ1) is 13.0. The number of aromatic nitrogens is 2. The Bertz CT molecular complexity index is 709. The van der Waals surface area contributed by atoms with E-state index >= 15 is 0 Å². The van der Waals surface area contributed by atoms with E-state index in [-0.39, 0.29) is 11.7 Å². The average molecular weight is 374 g/mol. The van der Waals surface area contributed by atoms with Crippen molar-refractivity contribution in [3.8, 4) is 0 Å². The van der Waals surface area contributed by atoms with E-state index < -0.39 is 0 Å². The van der Waals surface area contributed by atoms with Crippen LogP contribution in [0.3, 0.4) is 0 Å². The Morgan fingerprint density at radius 3 is 2.63 bits per heavy atom. The van der Waals surface area contributed by atoms with Gasteiger partial charge in [0.2, 0.25) is 5.82 Å². The molecule has 1 atom stereocenters. The first kappa shape index (κ1) is 18.6. The van der Waals surface area contributed by atoms with E-state index in [1.54, 1.807) is 7.05 Å². The lowest BCUT2D eigenvalue weighted by molar-refractivity contribution is -0.0467. The van der Waals surface area contributed by atoms with Gasteiger partial charge in [-0.1, -0.05) is 0 Å². The second-order valence-corrected chi connectivity index (χ2v) is 8.48. The van der Waals surface area contributed by atoms with Crippen LogP contribution in [0, 0.1) is 19.3 Å². The lowest BCUT2D eigenvalue weighted by atomic mass is 9.61. The first-order valence-corrected chi connectivity index (χ1v) is 10.2. The van der Waals surface area contributed by atoms with Gasteiger partial charge in [0, 0.05) is 56.7 Å². The summed E-state index contributed by atoms with van der Waals surface area (Å²) >= 11 is 0. The summed E-state index contributed by atoms with van der Waals surface area (Å²) in [6, 6.07) is 1.13. The third kappa shape index (κ3) is 3.67. The normalized spacial score (nSPS) is 24.9. The Kier molecular flexibility index (Phi) is 5.07. The minimum Gasteiger partial charge on any atom is -0.381 e. The number of carbonyl (C=O) groups excluding carboxylic acids is 1. The Morgan fingerprint density at radius 2 is 1.93 bits per heavy atom. The molecule has 0 bridgehead atoms. The summed E-state index contributed by atoms with van der Waals surface area (Å²) in [6.07, 6.45) is 6.15. The Hall–Kier alpha value is -1.73. The minimum absolute atomic E-state index is 0.232. The molecule has 2 aliphatic heterocycles. The summed E-state index contributed by atoms with van der Waals surface area (Å²) in [6.45, 7) is 7.76. The van der Waals surface area contributed by atoms with Crippen LogP contribution in [0.2, 0.25) is 0 Å². The number of hydrogen-bond acceptors (Lipinski definition) is 6. The maximum absolute atomic E-state index is 12.0. The van der Waals surface area contributed by atoms with Crippen LogP contribution < -0.4 is 15.5 Å². The predicted molar refractivity (Wildman–Crippen MR) is 104 cm³/mol. The zero-order valence-corrected chi connectivity index (χ0v) is 16.7. The number of aryl methyl sites for hydroxylation is 1. The standard InChI is InChI=1S/C20H31N5O2/c1-13-14(2)22-17(19(26)21-3)24-18(13)25-7-4-15(12-25)23-16-10-20(11-16)5-8-27-9-6-20/h15-16,23H,4-12H2,1-3H3,(H,21,26)/t15-/m1/s1. The monoisotopic (exact) mass is 373 g/mol. The molecule has 4 rings (SSSR count). The molecule has 7 heteroatoms. The van der Waals surface area contributed by atoms with E-state index in [4.69, 9.17) is 4.74 Å². The molecule has 1 spiro atoms. The van der Waals surface area contributed by atoms with Crippen molar-refractivity contribution in [3.05, 3.63) is 17.1 Å². The number of hydrogen-bond donors (Lipinski definition) is 2. The maximum Gasteiger partial charge on any atom is 0.288 e. The van der Waals surface area contributed by atoms with Crippen molar-refractivity contribution in [1.29, 1.82) is 0 Å². The maximum atomic E-state index is 12.0. The minimum atomic E-state index is -0.232. The number of ether oxygens (including phenoxy) is 1. The van der Waals surface area contributed by atoms with Gasteiger partial charge in [-0.2, -0.15) is 0 Å². The third-order valence-electron chi connectivity index (χ3n) is 6.67. The molecular formula is C20H31N5O2. The summed E-state index contributed by atoms with van der Waals surface area (Å²) in [4.78, 5) is 23.2. The molecule has 2 N–H and O–H groups in total. The van der Waals surface area contributed by atoms with Gasteiger partial charge < -0.3 is 20.3 Å². The predicted octanol–water partition coefficient (Wildman–Crippen LogP) is 1.58. The first-order valence-electron chi connectivity index (χ1n) is 10.2. The molecule has 0 aromatic carbocycles. The highest BCUT2D eigenvalue weighted by atomic mass is 16.5. The average Bonchev–Trinajstić information content (AvgIpc) is 3.11. The van der Waals surface area contributed by atoms with Crippen LogP contribution >= 0.6 is 0 Å². The molecular weight excluding hydrogens is 342 g/mol. The molecule has 3 heterocycles. The van der Waals surface area contributed by atoms with Crippen molar-refractivity contribution < 1.29 is 9.53 Å². The smallest absolute Gasteiger partial charge is 0.288 e. The molecule has 7 nitrogen and oxygen atoms in total. The SMILES string of the molecule is CNC(=O)c1nc(C)c(C)c(N2CC[C@@H](NC3CC4(CCOCC4)C3)C2)n1. The van der Waals surface area contributed by atoms with Gasteiger partial charge in [-0.05, 0) is 51.4 Å². The molecule has 27 heavy (non-hydrogen) atoms. The lowest BCUT2D eigenvalue weighted by Crippen LogP contribution is -2.54. The van der Waals surface area contributed by atoms with E-state index in [0.717, 1.165) is 49.8 Å². The van der Waals surface area contributed by atoms with Gasteiger partial charge in [-0.25, -0.2) is 9.97 Å². The molecule has 148 valence electrons. The molecule has 3 fully saturated rings. The quantitative estimate of drug-likeness (QED) is 0.834. The Balaban J connectivity index is 1.37. The molecule has 1 aromatic rings. The van der Waals surface area contributed by atoms with Crippen molar-refractivity contribution in [2.45, 2.75) is 58.0 Å². The Morgan fingerprint density at radius 1 is 1.19 bits per heavy atom. The molecule has 1 amide bonds. The summed E-state index contributed by atoms with van der Waals surface area (Å²) < 4.78 is 5.52. The summed E-state index contributed by atoms with van der Waals surface area (Å²) in [5.74, 6) is 0.928. The van der Waals surface area contributed by atoms with Crippen LogP contribution in [0.15, 0.2) is 0 Å². The van der Waals surface area contributed by atoms with E-state index in [9.17, 15) is 4.79 Å². The number of carbonyl (C=O) groups is 1. The zero-order chi connectivity index (χ0) is 19.0. The number of nitrogens with one attached hydrogen (secondary N) is 2. The molecule has 3 aliphatic rings. The van der Waals surface area contributed by atoms with Crippen LogP contribution in [0.4, 0.5) is 5.82 Å². The molecule has 0 radical (unpaired) electrons.